The molecule has 1 aromatic heterocycles. The van der Waals surface area contributed by atoms with Gasteiger partial charge in [-0.25, -0.2) is 0 Å². The van der Waals surface area contributed by atoms with E-state index in [9.17, 15) is 4.79 Å². The van der Waals surface area contributed by atoms with E-state index in [4.69, 9.17) is 5.73 Å². The summed E-state index contributed by atoms with van der Waals surface area (Å²) in [5.74, 6) is -0.462. The number of pyridine rings is 1. The van der Waals surface area contributed by atoms with Crippen LogP contribution < -0.4 is 5.73 Å². The molecule has 1 aromatic carbocycles. The molecule has 1 amide bonds. The molecule has 1 heterocycles. The maximum atomic E-state index is 10.4. The van der Waals surface area contributed by atoms with Gasteiger partial charge in [-0.1, -0.05) is 37.7 Å². The molecule has 19 heavy (non-hydrogen) atoms. The first-order chi connectivity index (χ1) is 8.74. The van der Waals surface area contributed by atoms with Crippen molar-refractivity contribution in [3.63, 3.8) is 0 Å². The third kappa shape index (κ3) is 7.82. The van der Waals surface area contributed by atoms with Gasteiger partial charge in [0.15, 0.2) is 0 Å². The van der Waals surface area contributed by atoms with Gasteiger partial charge in [0.1, 0.15) is 0 Å². The van der Waals surface area contributed by atoms with Crippen LogP contribution in [0, 0.1) is 43.4 Å². The van der Waals surface area contributed by atoms with Gasteiger partial charge in [-0.15, -0.1) is 0 Å². The molecule has 0 radical (unpaired) electrons. The predicted molar refractivity (Wildman–Crippen MR) is 70.9 cm³/mol. The van der Waals surface area contributed by atoms with Gasteiger partial charge in [-0.05, 0) is 0 Å². The number of primary amides is 1. The van der Waals surface area contributed by atoms with Crippen LogP contribution in [0.25, 0.3) is 0 Å². The third-order valence-corrected chi connectivity index (χ3v) is 2.23. The maximum Gasteiger partial charge on any atom is 2.00 e. The average Bonchev–Trinajstić information content (AvgIpc) is 2.42. The molecule has 0 aliphatic carbocycles. The standard InChI is InChI=1S/C9H11.C6H5N2O.U/c1-2-6-9-7-4-3-5-8-9;7-6(9)5-2-1-3-8-4-5;/h4-5,7-8H,2,6H2,1H3;1-2,4H,(H2,7,9);/q2*-1;+2. The van der Waals surface area contributed by atoms with Crippen LogP contribution in [0.2, 0.25) is 0 Å². The fourth-order valence-corrected chi connectivity index (χ4v) is 1.34. The molecule has 2 aromatic rings. The summed E-state index contributed by atoms with van der Waals surface area (Å²) in [5, 5.41) is 0. The fraction of sp³-hybridized carbons (Fsp3) is 0.200. The topological polar surface area (TPSA) is 56.0 Å². The first-order valence-corrected chi connectivity index (χ1v) is 5.81. The number of hydrogen-bond acceptors (Lipinski definition) is 2. The van der Waals surface area contributed by atoms with Gasteiger partial charge in [0, 0.05) is 0 Å². The molecule has 2 N–H and O–H groups in total. The number of rotatable bonds is 3. The van der Waals surface area contributed by atoms with Gasteiger partial charge >= 0.3 is 31.1 Å². The van der Waals surface area contributed by atoms with E-state index in [1.54, 1.807) is 12.1 Å². The number of nitrogens with two attached hydrogens (primary N) is 1. The number of hydrogen-bond donors (Lipinski definition) is 1. The first kappa shape index (κ1) is 17.9. The monoisotopic (exact) mass is 478 g/mol. The zero-order valence-electron chi connectivity index (χ0n) is 10.9. The second kappa shape index (κ2) is 10.8. The molecule has 0 saturated heterocycles. The summed E-state index contributed by atoms with van der Waals surface area (Å²) in [6.45, 7) is 2.19. The molecule has 3 nitrogen and oxygen atoms in total. The minimum Gasteiger partial charge on any atom is -0.393 e. The predicted octanol–water partition coefficient (Wildman–Crippen LogP) is 2.42. The van der Waals surface area contributed by atoms with Crippen LogP contribution in [-0.2, 0) is 6.42 Å². The number of aromatic nitrogens is 1. The van der Waals surface area contributed by atoms with E-state index in [0.717, 1.165) is 0 Å². The Bertz CT molecular complexity index is 460. The molecule has 0 fully saturated rings. The minimum absolute atomic E-state index is 0. The van der Waals surface area contributed by atoms with Crippen molar-refractivity contribution in [2.75, 3.05) is 0 Å². The van der Waals surface area contributed by atoms with Gasteiger partial charge in [-0.3, -0.25) is 4.79 Å². The third-order valence-electron chi connectivity index (χ3n) is 2.23. The van der Waals surface area contributed by atoms with E-state index in [0.29, 0.717) is 5.56 Å². The van der Waals surface area contributed by atoms with E-state index in [1.807, 2.05) is 12.1 Å². The molecular formula is C15H16N2OU. The number of carbonyl (C=O) groups is 1. The molecule has 0 unspecified atom stereocenters. The summed E-state index contributed by atoms with van der Waals surface area (Å²) in [7, 11) is 0. The van der Waals surface area contributed by atoms with Gasteiger partial charge in [0.05, 0.1) is 0 Å². The van der Waals surface area contributed by atoms with Crippen molar-refractivity contribution in [3.05, 3.63) is 66.0 Å². The van der Waals surface area contributed by atoms with Crippen molar-refractivity contribution >= 4 is 5.91 Å². The minimum atomic E-state index is -0.462. The van der Waals surface area contributed by atoms with Crippen LogP contribution in [0.4, 0.5) is 0 Å². The van der Waals surface area contributed by atoms with Gasteiger partial charge in [0.2, 0.25) is 5.91 Å². The summed E-state index contributed by atoms with van der Waals surface area (Å²) < 4.78 is 0. The second-order valence-electron chi connectivity index (χ2n) is 3.70. The van der Waals surface area contributed by atoms with Crippen LogP contribution in [0.3, 0.4) is 0 Å². The van der Waals surface area contributed by atoms with Crippen molar-refractivity contribution in [2.45, 2.75) is 19.8 Å². The van der Waals surface area contributed by atoms with Crippen LogP contribution >= 0.6 is 0 Å². The molecule has 0 bridgehead atoms. The second-order valence-corrected chi connectivity index (χ2v) is 3.70. The van der Waals surface area contributed by atoms with Gasteiger partial charge in [-0.2, -0.15) is 48.0 Å². The van der Waals surface area contributed by atoms with Gasteiger partial charge in [0.25, 0.3) is 0 Å². The number of aryl methyl sites for hydroxylation is 1. The molecule has 2 rings (SSSR count). The van der Waals surface area contributed by atoms with E-state index < -0.39 is 5.91 Å². The Morgan fingerprint density at radius 1 is 1.26 bits per heavy atom. The summed E-state index contributed by atoms with van der Waals surface area (Å²) >= 11 is 0. The maximum absolute atomic E-state index is 10.4. The van der Waals surface area contributed by atoms with Gasteiger partial charge < -0.3 is 10.7 Å². The Kier molecular flexibility index (Phi) is 10.2. The van der Waals surface area contributed by atoms with E-state index in [-0.39, 0.29) is 31.1 Å². The van der Waals surface area contributed by atoms with Crippen molar-refractivity contribution < 1.29 is 35.9 Å². The van der Waals surface area contributed by atoms with Crippen molar-refractivity contribution in [3.8, 4) is 0 Å². The summed E-state index contributed by atoms with van der Waals surface area (Å²) in [4.78, 5) is 13.9. The van der Waals surface area contributed by atoms with Crippen molar-refractivity contribution in [1.82, 2.24) is 4.98 Å². The molecular weight excluding hydrogens is 462 g/mol. The van der Waals surface area contributed by atoms with Crippen molar-refractivity contribution in [2.24, 2.45) is 5.73 Å². The quantitative estimate of drug-likeness (QED) is 0.690. The average molecular weight is 478 g/mol. The molecule has 0 aliphatic heterocycles. The van der Waals surface area contributed by atoms with Crippen molar-refractivity contribution in [1.29, 1.82) is 0 Å². The summed E-state index contributed by atoms with van der Waals surface area (Å²) in [6.07, 6.45) is 6.32. The van der Waals surface area contributed by atoms with Crippen LogP contribution in [-0.4, -0.2) is 10.9 Å². The smallest absolute Gasteiger partial charge is 0.393 e. The number of benzene rings is 1. The molecule has 0 saturated carbocycles. The van der Waals surface area contributed by atoms with E-state index in [2.05, 4.69) is 36.3 Å². The number of amides is 1. The normalized spacial score (nSPS) is 8.68. The fourth-order valence-electron chi connectivity index (χ4n) is 1.34. The van der Waals surface area contributed by atoms with E-state index >= 15 is 0 Å². The van der Waals surface area contributed by atoms with Crippen LogP contribution in [0.5, 0.6) is 0 Å². The van der Waals surface area contributed by atoms with Crippen LogP contribution in [0.1, 0.15) is 29.3 Å². The Balaban J connectivity index is 0.000000324. The summed E-state index contributed by atoms with van der Waals surface area (Å²) in [6, 6.07) is 14.3. The molecule has 0 aliphatic rings. The molecule has 0 spiro atoms. The van der Waals surface area contributed by atoms with E-state index in [1.165, 1.54) is 24.6 Å². The molecule has 4 heteroatoms. The number of nitrogens with zero attached hydrogens (tertiary/aromatic N) is 1. The Hall–Kier alpha value is -1.11. The zero-order chi connectivity index (χ0) is 13.2. The summed E-state index contributed by atoms with van der Waals surface area (Å²) in [5.41, 5.74) is 6.74. The molecule has 0 atom stereocenters. The number of carbonyl (C=O) groups excluding carboxylic acids is 1. The molecule has 96 valence electrons. The SMILES string of the molecule is CCCc1cc[c-]cc1.NC(=O)c1cc[c-]nc1.[U+2]. The first-order valence-electron chi connectivity index (χ1n) is 5.81. The Labute approximate surface area is 138 Å². The zero-order valence-corrected chi connectivity index (χ0v) is 15.1. The van der Waals surface area contributed by atoms with Crippen LogP contribution in [0.15, 0.2) is 42.6 Å². The Morgan fingerprint density at radius 3 is 2.37 bits per heavy atom. The Morgan fingerprint density at radius 2 is 1.95 bits per heavy atom. The largest absolute Gasteiger partial charge is 2.00 e.